The van der Waals surface area contributed by atoms with Gasteiger partial charge in [0.2, 0.25) is 0 Å². The number of aliphatic hydroxyl groups is 1. The maximum absolute atomic E-state index is 10.3. The van der Waals surface area contributed by atoms with Crippen LogP contribution < -0.4 is 0 Å². The van der Waals surface area contributed by atoms with E-state index in [4.69, 9.17) is 16.3 Å². The number of hydrogen-bond acceptors (Lipinski definition) is 3. The van der Waals surface area contributed by atoms with Crippen molar-refractivity contribution in [3.63, 3.8) is 0 Å². The van der Waals surface area contributed by atoms with Crippen molar-refractivity contribution in [1.29, 1.82) is 0 Å². The average Bonchev–Trinajstić information content (AvgIpc) is 2.42. The molecule has 0 saturated carbocycles. The van der Waals surface area contributed by atoms with Crippen LogP contribution in [0.3, 0.4) is 0 Å². The Bertz CT molecular complexity index is 403. The summed E-state index contributed by atoms with van der Waals surface area (Å²) in [6, 6.07) is 5.58. The second kappa shape index (κ2) is 9.74. The summed E-state index contributed by atoms with van der Waals surface area (Å²) in [6.45, 7) is 8.27. The molecular formula is C15H23BrClNO2. The first-order valence-corrected chi connectivity index (χ1v) is 8.18. The maximum Gasteiger partial charge on any atom is 0.0816 e. The summed E-state index contributed by atoms with van der Waals surface area (Å²) in [4.78, 5) is 2.27. The molecule has 0 bridgehead atoms. The molecule has 1 unspecified atom stereocenters. The Morgan fingerprint density at radius 1 is 1.35 bits per heavy atom. The number of likely N-dealkylation sites (N-methyl/N-ethyl adjacent to an activating group) is 1. The highest BCUT2D eigenvalue weighted by atomic mass is 79.9. The van der Waals surface area contributed by atoms with Crippen molar-refractivity contribution in [2.75, 3.05) is 32.8 Å². The fourth-order valence-electron chi connectivity index (χ4n) is 2.00. The molecule has 5 heteroatoms. The molecule has 1 aromatic carbocycles. The first-order chi connectivity index (χ1) is 9.58. The van der Waals surface area contributed by atoms with Crippen LogP contribution in [0.25, 0.3) is 0 Å². The van der Waals surface area contributed by atoms with Crippen LogP contribution in [0.4, 0.5) is 0 Å². The van der Waals surface area contributed by atoms with Crippen molar-refractivity contribution in [2.24, 2.45) is 0 Å². The van der Waals surface area contributed by atoms with E-state index >= 15 is 0 Å². The van der Waals surface area contributed by atoms with Crippen molar-refractivity contribution >= 4 is 27.5 Å². The second-order valence-electron chi connectivity index (χ2n) is 4.60. The molecule has 0 saturated heterocycles. The van der Waals surface area contributed by atoms with Crippen LogP contribution in [0.15, 0.2) is 22.7 Å². The third kappa shape index (κ3) is 6.10. The van der Waals surface area contributed by atoms with Crippen molar-refractivity contribution in [2.45, 2.75) is 26.4 Å². The zero-order valence-electron chi connectivity index (χ0n) is 12.1. The van der Waals surface area contributed by atoms with Crippen molar-refractivity contribution in [1.82, 2.24) is 4.90 Å². The van der Waals surface area contributed by atoms with E-state index < -0.39 is 6.10 Å². The van der Waals surface area contributed by atoms with Gasteiger partial charge < -0.3 is 14.7 Å². The Kier molecular flexibility index (Phi) is 8.73. The molecule has 0 amide bonds. The van der Waals surface area contributed by atoms with E-state index in [9.17, 15) is 5.11 Å². The summed E-state index contributed by atoms with van der Waals surface area (Å²) in [5, 5.41) is 10.9. The Labute approximate surface area is 135 Å². The van der Waals surface area contributed by atoms with E-state index in [1.165, 1.54) is 0 Å². The van der Waals surface area contributed by atoms with Crippen LogP contribution in [0, 0.1) is 0 Å². The molecule has 0 aliphatic rings. The Morgan fingerprint density at radius 3 is 2.70 bits per heavy atom. The second-order valence-corrected chi connectivity index (χ2v) is 5.92. The quantitative estimate of drug-likeness (QED) is 0.675. The molecule has 1 atom stereocenters. The fourth-order valence-corrected chi connectivity index (χ4v) is 2.80. The number of ether oxygens (including phenoxy) is 1. The Morgan fingerprint density at radius 2 is 2.10 bits per heavy atom. The molecule has 1 aromatic rings. The van der Waals surface area contributed by atoms with Crippen LogP contribution in [0.2, 0.25) is 5.02 Å². The van der Waals surface area contributed by atoms with Gasteiger partial charge in [-0.3, -0.25) is 0 Å². The smallest absolute Gasteiger partial charge is 0.0816 e. The summed E-state index contributed by atoms with van der Waals surface area (Å²) in [5.74, 6) is 0. The lowest BCUT2D eigenvalue weighted by molar-refractivity contribution is 0.101. The molecule has 0 spiro atoms. The molecule has 114 valence electrons. The van der Waals surface area contributed by atoms with E-state index in [0.29, 0.717) is 11.4 Å². The van der Waals surface area contributed by atoms with Gasteiger partial charge in [0.05, 0.1) is 12.7 Å². The number of aliphatic hydroxyl groups excluding tert-OH is 1. The van der Waals surface area contributed by atoms with Crippen molar-refractivity contribution < 1.29 is 9.84 Å². The van der Waals surface area contributed by atoms with Crippen LogP contribution >= 0.6 is 27.5 Å². The van der Waals surface area contributed by atoms with Gasteiger partial charge in [0.15, 0.2) is 0 Å². The highest BCUT2D eigenvalue weighted by Crippen LogP contribution is 2.28. The highest BCUT2D eigenvalue weighted by molar-refractivity contribution is 9.10. The van der Waals surface area contributed by atoms with Crippen molar-refractivity contribution in [3.05, 3.63) is 33.3 Å². The zero-order chi connectivity index (χ0) is 15.0. The summed E-state index contributed by atoms with van der Waals surface area (Å²) < 4.78 is 6.28. The molecule has 3 nitrogen and oxygen atoms in total. The van der Waals surface area contributed by atoms with Gasteiger partial charge in [-0.2, -0.15) is 0 Å². The monoisotopic (exact) mass is 363 g/mol. The lowest BCUT2D eigenvalue weighted by Gasteiger charge is -2.22. The number of rotatable bonds is 9. The van der Waals surface area contributed by atoms with E-state index in [-0.39, 0.29) is 0 Å². The third-order valence-corrected chi connectivity index (χ3v) is 4.06. The number of benzene rings is 1. The first kappa shape index (κ1) is 17.9. The van der Waals surface area contributed by atoms with E-state index in [0.717, 1.165) is 42.9 Å². The van der Waals surface area contributed by atoms with Crippen molar-refractivity contribution in [3.8, 4) is 0 Å². The molecular weight excluding hydrogens is 342 g/mol. The van der Waals surface area contributed by atoms with Gasteiger partial charge in [0.25, 0.3) is 0 Å². The molecule has 0 aliphatic carbocycles. The van der Waals surface area contributed by atoms with Crippen LogP contribution in [0.1, 0.15) is 31.9 Å². The predicted molar refractivity (Wildman–Crippen MR) is 87.3 cm³/mol. The molecule has 0 aromatic heterocycles. The molecule has 20 heavy (non-hydrogen) atoms. The van der Waals surface area contributed by atoms with E-state index in [2.05, 4.69) is 27.8 Å². The van der Waals surface area contributed by atoms with Crippen LogP contribution in [0.5, 0.6) is 0 Å². The maximum atomic E-state index is 10.3. The van der Waals surface area contributed by atoms with Gasteiger partial charge in [-0.25, -0.2) is 0 Å². The predicted octanol–water partition coefficient (Wildman–Crippen LogP) is 3.88. The SMILES string of the molecule is CCOCCN(CC)CCC(O)c1ccc(Br)cc1Cl. The van der Waals surface area contributed by atoms with Gasteiger partial charge in [-0.1, -0.05) is 40.5 Å². The summed E-state index contributed by atoms with van der Waals surface area (Å²) >= 11 is 9.52. The minimum Gasteiger partial charge on any atom is -0.388 e. The molecule has 0 aliphatic heterocycles. The van der Waals surface area contributed by atoms with Gasteiger partial charge in [-0.15, -0.1) is 0 Å². The Balaban J connectivity index is 2.46. The lowest BCUT2D eigenvalue weighted by Crippen LogP contribution is -2.29. The van der Waals surface area contributed by atoms with E-state index in [1.807, 2.05) is 25.1 Å². The minimum absolute atomic E-state index is 0.531. The minimum atomic E-state index is -0.531. The topological polar surface area (TPSA) is 32.7 Å². The van der Waals surface area contributed by atoms with Crippen LogP contribution in [-0.4, -0.2) is 42.9 Å². The first-order valence-electron chi connectivity index (χ1n) is 7.01. The molecule has 0 fully saturated rings. The van der Waals surface area contributed by atoms with E-state index in [1.54, 1.807) is 0 Å². The third-order valence-electron chi connectivity index (χ3n) is 3.24. The molecule has 1 N–H and O–H groups in total. The largest absolute Gasteiger partial charge is 0.388 e. The summed E-state index contributed by atoms with van der Waals surface area (Å²) in [6.07, 6.45) is 0.137. The number of halogens is 2. The number of nitrogens with zero attached hydrogens (tertiary/aromatic N) is 1. The highest BCUT2D eigenvalue weighted by Gasteiger charge is 2.13. The van der Waals surface area contributed by atoms with Gasteiger partial charge in [0.1, 0.15) is 0 Å². The summed E-state index contributed by atoms with van der Waals surface area (Å²) in [7, 11) is 0. The molecule has 1 rings (SSSR count). The average molecular weight is 365 g/mol. The van der Waals surface area contributed by atoms with Gasteiger partial charge in [0, 0.05) is 29.2 Å². The van der Waals surface area contributed by atoms with Crippen LogP contribution in [-0.2, 0) is 4.74 Å². The lowest BCUT2D eigenvalue weighted by atomic mass is 10.1. The standard InChI is InChI=1S/C15H23BrClNO2/c1-3-18(9-10-20-4-2)8-7-15(19)13-6-5-12(16)11-14(13)17/h5-6,11,15,19H,3-4,7-10H2,1-2H3. The summed E-state index contributed by atoms with van der Waals surface area (Å²) in [5.41, 5.74) is 0.788. The normalized spacial score (nSPS) is 12.9. The van der Waals surface area contributed by atoms with Gasteiger partial charge in [-0.05, 0) is 37.6 Å². The Hall–Kier alpha value is -0.130. The zero-order valence-corrected chi connectivity index (χ0v) is 14.5. The molecule has 0 heterocycles. The number of hydrogen-bond donors (Lipinski definition) is 1. The molecule has 0 radical (unpaired) electrons. The van der Waals surface area contributed by atoms with Gasteiger partial charge >= 0.3 is 0 Å². The fraction of sp³-hybridized carbons (Fsp3) is 0.600.